The molecule has 3 heteroatoms. The minimum atomic E-state index is -0.0747. The second kappa shape index (κ2) is 4.91. The van der Waals surface area contributed by atoms with Crippen molar-refractivity contribution < 1.29 is 9.21 Å². The fraction of sp³-hybridized carbons (Fsp3) is 0.118. The molecule has 0 atom stereocenters. The standard InChI is InChI=1S/C17H13BrO2/c1-10-6-7-11(2)13(8-10)16(19)15-9-12-4-3-5-14(18)17(12)20-15/h3-9H,1-2H3. The summed E-state index contributed by atoms with van der Waals surface area (Å²) < 4.78 is 6.57. The topological polar surface area (TPSA) is 30.2 Å². The van der Waals surface area contributed by atoms with Crippen molar-refractivity contribution in [1.29, 1.82) is 0 Å². The minimum absolute atomic E-state index is 0.0747. The van der Waals surface area contributed by atoms with E-state index < -0.39 is 0 Å². The maximum Gasteiger partial charge on any atom is 0.228 e. The normalized spacial score (nSPS) is 10.9. The van der Waals surface area contributed by atoms with E-state index in [1.165, 1.54) is 0 Å². The highest BCUT2D eigenvalue weighted by molar-refractivity contribution is 9.10. The molecule has 0 aliphatic carbocycles. The van der Waals surface area contributed by atoms with Crippen LogP contribution in [0.15, 0.2) is 51.4 Å². The predicted molar refractivity (Wildman–Crippen MR) is 83.3 cm³/mol. The van der Waals surface area contributed by atoms with Crippen molar-refractivity contribution in [2.45, 2.75) is 13.8 Å². The maximum absolute atomic E-state index is 12.6. The molecule has 0 spiro atoms. The average Bonchev–Trinajstić information content (AvgIpc) is 2.86. The van der Waals surface area contributed by atoms with Crippen molar-refractivity contribution in [3.05, 3.63) is 69.4 Å². The van der Waals surface area contributed by atoms with Gasteiger partial charge in [-0.05, 0) is 53.5 Å². The fourth-order valence-corrected chi connectivity index (χ4v) is 2.72. The number of carbonyl (C=O) groups is 1. The van der Waals surface area contributed by atoms with Crippen molar-refractivity contribution >= 4 is 32.7 Å². The molecule has 0 fully saturated rings. The monoisotopic (exact) mass is 328 g/mol. The number of halogens is 1. The number of aryl methyl sites for hydroxylation is 2. The van der Waals surface area contributed by atoms with Gasteiger partial charge in [-0.15, -0.1) is 0 Å². The van der Waals surface area contributed by atoms with Crippen LogP contribution in [0.25, 0.3) is 11.0 Å². The Morgan fingerprint density at radius 2 is 1.90 bits per heavy atom. The molecule has 2 aromatic carbocycles. The van der Waals surface area contributed by atoms with Crippen molar-refractivity contribution in [2.24, 2.45) is 0 Å². The molecule has 0 aliphatic rings. The largest absolute Gasteiger partial charge is 0.451 e. The first kappa shape index (κ1) is 13.1. The van der Waals surface area contributed by atoms with Gasteiger partial charge in [-0.25, -0.2) is 0 Å². The molecule has 20 heavy (non-hydrogen) atoms. The number of hydrogen-bond donors (Lipinski definition) is 0. The number of fused-ring (bicyclic) bond motifs is 1. The minimum Gasteiger partial charge on any atom is -0.451 e. The number of para-hydroxylation sites is 1. The van der Waals surface area contributed by atoms with Crippen LogP contribution >= 0.6 is 15.9 Å². The van der Waals surface area contributed by atoms with E-state index in [4.69, 9.17) is 4.42 Å². The molecule has 2 nitrogen and oxygen atoms in total. The highest BCUT2D eigenvalue weighted by Gasteiger charge is 2.17. The summed E-state index contributed by atoms with van der Waals surface area (Å²) >= 11 is 3.44. The van der Waals surface area contributed by atoms with Crippen LogP contribution < -0.4 is 0 Å². The molecule has 0 unspecified atom stereocenters. The lowest BCUT2D eigenvalue weighted by Gasteiger charge is -2.03. The zero-order valence-electron chi connectivity index (χ0n) is 11.2. The van der Waals surface area contributed by atoms with Crippen LogP contribution in [-0.2, 0) is 0 Å². The number of carbonyl (C=O) groups excluding carboxylic acids is 1. The molecule has 1 aromatic heterocycles. The average molecular weight is 329 g/mol. The highest BCUT2D eigenvalue weighted by atomic mass is 79.9. The third-order valence-corrected chi connectivity index (χ3v) is 3.98. The molecule has 0 saturated carbocycles. The summed E-state index contributed by atoms with van der Waals surface area (Å²) in [5.74, 6) is 0.301. The first-order valence-electron chi connectivity index (χ1n) is 6.36. The smallest absolute Gasteiger partial charge is 0.228 e. The van der Waals surface area contributed by atoms with Gasteiger partial charge in [-0.1, -0.05) is 29.8 Å². The lowest BCUT2D eigenvalue weighted by atomic mass is 10.0. The van der Waals surface area contributed by atoms with Crippen LogP contribution in [0.5, 0.6) is 0 Å². The summed E-state index contributed by atoms with van der Waals surface area (Å²) in [7, 11) is 0. The van der Waals surface area contributed by atoms with Crippen molar-refractivity contribution in [2.75, 3.05) is 0 Å². The molecular weight excluding hydrogens is 316 g/mol. The summed E-state index contributed by atoms with van der Waals surface area (Å²) in [5.41, 5.74) is 3.43. The Morgan fingerprint density at radius 3 is 2.65 bits per heavy atom. The summed E-state index contributed by atoms with van der Waals surface area (Å²) in [4.78, 5) is 12.6. The number of furan rings is 1. The van der Waals surface area contributed by atoms with Crippen molar-refractivity contribution in [3.8, 4) is 0 Å². The van der Waals surface area contributed by atoms with Crippen LogP contribution in [0.2, 0.25) is 0 Å². The Labute approximate surface area is 125 Å². The van der Waals surface area contributed by atoms with Crippen LogP contribution in [0.3, 0.4) is 0 Å². The van der Waals surface area contributed by atoms with E-state index in [9.17, 15) is 4.79 Å². The van der Waals surface area contributed by atoms with Gasteiger partial charge in [0, 0.05) is 10.9 Å². The van der Waals surface area contributed by atoms with Gasteiger partial charge in [-0.2, -0.15) is 0 Å². The predicted octanol–water partition coefficient (Wildman–Crippen LogP) is 5.04. The van der Waals surface area contributed by atoms with Crippen molar-refractivity contribution in [1.82, 2.24) is 0 Å². The molecule has 0 saturated heterocycles. The van der Waals surface area contributed by atoms with Crippen LogP contribution in [0, 0.1) is 13.8 Å². The number of hydrogen-bond acceptors (Lipinski definition) is 2. The van der Waals surface area contributed by atoms with E-state index in [1.54, 1.807) is 6.07 Å². The SMILES string of the molecule is Cc1ccc(C)c(C(=O)c2cc3cccc(Br)c3o2)c1. The summed E-state index contributed by atoms with van der Waals surface area (Å²) in [6.45, 7) is 3.91. The molecular formula is C17H13BrO2. The van der Waals surface area contributed by atoms with E-state index in [-0.39, 0.29) is 5.78 Å². The Morgan fingerprint density at radius 1 is 1.10 bits per heavy atom. The van der Waals surface area contributed by atoms with E-state index in [1.807, 2.05) is 50.2 Å². The molecule has 0 N–H and O–H groups in total. The number of benzene rings is 2. The van der Waals surface area contributed by atoms with Crippen LogP contribution in [0.1, 0.15) is 27.2 Å². The highest BCUT2D eigenvalue weighted by Crippen LogP contribution is 2.28. The van der Waals surface area contributed by atoms with Crippen LogP contribution in [-0.4, -0.2) is 5.78 Å². The van der Waals surface area contributed by atoms with Gasteiger partial charge in [0.25, 0.3) is 0 Å². The first-order valence-corrected chi connectivity index (χ1v) is 7.15. The third-order valence-electron chi connectivity index (χ3n) is 3.36. The summed E-state index contributed by atoms with van der Waals surface area (Å²) in [5, 5.41) is 0.924. The van der Waals surface area contributed by atoms with Gasteiger partial charge in [0.15, 0.2) is 5.76 Å². The molecule has 3 rings (SSSR count). The lowest BCUT2D eigenvalue weighted by Crippen LogP contribution is -2.02. The van der Waals surface area contributed by atoms with Gasteiger partial charge in [-0.3, -0.25) is 4.79 Å². The third kappa shape index (κ3) is 2.18. The molecule has 0 radical (unpaired) electrons. The van der Waals surface area contributed by atoms with Gasteiger partial charge in [0.1, 0.15) is 5.58 Å². The Hall–Kier alpha value is -1.87. The second-order valence-electron chi connectivity index (χ2n) is 4.92. The quantitative estimate of drug-likeness (QED) is 0.616. The van der Waals surface area contributed by atoms with Crippen LogP contribution in [0.4, 0.5) is 0 Å². The van der Waals surface area contributed by atoms with Crippen molar-refractivity contribution in [3.63, 3.8) is 0 Å². The summed E-state index contributed by atoms with van der Waals surface area (Å²) in [6.07, 6.45) is 0. The summed E-state index contributed by atoms with van der Waals surface area (Å²) in [6, 6.07) is 13.4. The zero-order chi connectivity index (χ0) is 14.3. The number of ketones is 1. The first-order chi connectivity index (χ1) is 9.56. The fourth-order valence-electron chi connectivity index (χ4n) is 2.25. The zero-order valence-corrected chi connectivity index (χ0v) is 12.8. The Bertz CT molecular complexity index is 815. The Kier molecular flexibility index (Phi) is 3.22. The maximum atomic E-state index is 12.6. The number of rotatable bonds is 2. The lowest BCUT2D eigenvalue weighted by molar-refractivity contribution is 0.101. The van der Waals surface area contributed by atoms with Gasteiger partial charge >= 0.3 is 0 Å². The second-order valence-corrected chi connectivity index (χ2v) is 5.77. The molecule has 0 bridgehead atoms. The van der Waals surface area contributed by atoms with Gasteiger partial charge in [0.05, 0.1) is 4.47 Å². The molecule has 100 valence electrons. The van der Waals surface area contributed by atoms with E-state index in [0.29, 0.717) is 16.9 Å². The molecule has 0 amide bonds. The van der Waals surface area contributed by atoms with Gasteiger partial charge in [0.2, 0.25) is 5.78 Å². The molecule has 3 aromatic rings. The van der Waals surface area contributed by atoms with E-state index >= 15 is 0 Å². The molecule has 1 heterocycles. The van der Waals surface area contributed by atoms with E-state index in [0.717, 1.165) is 21.0 Å². The molecule has 0 aliphatic heterocycles. The van der Waals surface area contributed by atoms with Gasteiger partial charge < -0.3 is 4.42 Å². The van der Waals surface area contributed by atoms with E-state index in [2.05, 4.69) is 15.9 Å². The Balaban J connectivity index is 2.13.